The lowest BCUT2D eigenvalue weighted by atomic mass is 9.82. The lowest BCUT2D eigenvalue weighted by molar-refractivity contribution is 0.659. The van der Waals surface area contributed by atoms with Gasteiger partial charge in [0.1, 0.15) is 33.5 Å². The number of nitrogens with zero attached hydrogens (tertiary/aromatic N) is 1. The molecule has 0 saturated heterocycles. The molecule has 3 aromatic heterocycles. The van der Waals surface area contributed by atoms with Gasteiger partial charge in [0.2, 0.25) is 0 Å². The second kappa shape index (κ2) is 11.0. The first-order chi connectivity index (χ1) is 27.0. The average Bonchev–Trinajstić information content (AvgIpc) is 3.97. The van der Waals surface area contributed by atoms with E-state index in [9.17, 15) is 0 Å². The van der Waals surface area contributed by atoms with Crippen LogP contribution in [0.2, 0.25) is 0 Å². The number of anilines is 3. The summed E-state index contributed by atoms with van der Waals surface area (Å²) in [4.78, 5) is 2.42. The van der Waals surface area contributed by atoms with Crippen LogP contribution in [0.1, 0.15) is 25.0 Å². The Morgan fingerprint density at radius 3 is 1.84 bits per heavy atom. The molecule has 0 amide bonds. The highest BCUT2D eigenvalue weighted by Crippen LogP contribution is 2.54. The van der Waals surface area contributed by atoms with Gasteiger partial charge in [0.15, 0.2) is 0 Å². The van der Waals surface area contributed by atoms with E-state index < -0.39 is 0 Å². The highest BCUT2D eigenvalue weighted by Gasteiger charge is 2.36. The van der Waals surface area contributed by atoms with Crippen molar-refractivity contribution in [2.45, 2.75) is 19.3 Å². The molecule has 0 N–H and O–H groups in total. The summed E-state index contributed by atoms with van der Waals surface area (Å²) >= 11 is 0. The predicted octanol–water partition coefficient (Wildman–Crippen LogP) is 14.8. The van der Waals surface area contributed by atoms with Crippen molar-refractivity contribution in [2.75, 3.05) is 4.90 Å². The second-order valence-electron chi connectivity index (χ2n) is 15.2. The fraction of sp³-hybridized carbons (Fsp3) is 0.0588. The van der Waals surface area contributed by atoms with Crippen molar-refractivity contribution in [2.24, 2.45) is 0 Å². The summed E-state index contributed by atoms with van der Waals surface area (Å²) < 4.78 is 20.2. The summed E-state index contributed by atoms with van der Waals surface area (Å²) in [6.07, 6.45) is 0. The Balaban J connectivity index is 1.23. The summed E-state index contributed by atoms with van der Waals surface area (Å²) in [5, 5.41) is 6.11. The quantitative estimate of drug-likeness (QED) is 0.183. The largest absolute Gasteiger partial charge is 0.456 e. The van der Waals surface area contributed by atoms with Gasteiger partial charge >= 0.3 is 0 Å². The molecule has 4 heteroatoms. The van der Waals surface area contributed by atoms with Crippen LogP contribution in [0, 0.1) is 0 Å². The molecule has 11 aromatic rings. The summed E-state index contributed by atoms with van der Waals surface area (Å²) in [5.74, 6) is 0. The first kappa shape index (κ1) is 30.4. The van der Waals surface area contributed by atoms with Gasteiger partial charge in [0.25, 0.3) is 0 Å². The fourth-order valence-corrected chi connectivity index (χ4v) is 9.37. The van der Waals surface area contributed by atoms with E-state index in [1.165, 1.54) is 22.3 Å². The zero-order valence-electron chi connectivity index (χ0n) is 30.3. The lowest BCUT2D eigenvalue weighted by Gasteiger charge is -2.30. The van der Waals surface area contributed by atoms with Crippen molar-refractivity contribution >= 4 is 82.9 Å². The molecule has 0 atom stereocenters. The number of furan rings is 3. The Morgan fingerprint density at radius 1 is 0.400 bits per heavy atom. The Morgan fingerprint density at radius 2 is 1.02 bits per heavy atom. The first-order valence-corrected chi connectivity index (χ1v) is 18.8. The monoisotopic (exact) mass is 707 g/mol. The van der Waals surface area contributed by atoms with Gasteiger partial charge in [0.05, 0.1) is 22.1 Å². The molecular weight excluding hydrogens is 675 g/mol. The number of benzene rings is 8. The predicted molar refractivity (Wildman–Crippen MR) is 226 cm³/mol. The van der Waals surface area contributed by atoms with E-state index in [1.807, 2.05) is 30.3 Å². The maximum Gasteiger partial charge on any atom is 0.149 e. The van der Waals surface area contributed by atoms with Crippen LogP contribution in [0.5, 0.6) is 0 Å². The minimum absolute atomic E-state index is 0.175. The fourth-order valence-electron chi connectivity index (χ4n) is 9.37. The Labute approximate surface area is 316 Å². The van der Waals surface area contributed by atoms with Crippen molar-refractivity contribution in [3.63, 3.8) is 0 Å². The number of para-hydroxylation sites is 3. The Hall–Kier alpha value is -7.04. The maximum absolute atomic E-state index is 6.98. The summed E-state index contributed by atoms with van der Waals surface area (Å²) in [6.45, 7) is 4.68. The first-order valence-electron chi connectivity index (χ1n) is 18.8. The van der Waals surface area contributed by atoms with Crippen LogP contribution in [0.25, 0.3) is 88.1 Å². The van der Waals surface area contributed by atoms with Crippen LogP contribution in [0.3, 0.4) is 0 Å². The van der Waals surface area contributed by atoms with Crippen LogP contribution in [0.4, 0.5) is 17.1 Å². The van der Waals surface area contributed by atoms with Crippen LogP contribution < -0.4 is 4.90 Å². The van der Waals surface area contributed by atoms with Crippen molar-refractivity contribution in [1.82, 2.24) is 0 Å². The minimum Gasteiger partial charge on any atom is -0.456 e. The molecule has 0 saturated carbocycles. The van der Waals surface area contributed by atoms with Crippen LogP contribution >= 0.6 is 0 Å². The standard InChI is InChI=1S/C51H33NO3/c1-51(2)37-20-10-6-17-33(37)34-25-24-31(28-38(34)51)52(39-21-11-7-16-32(39)30-14-4-3-5-15-30)40-29-45-49(50-46(40)35-18-8-13-23-42(35)55-50)48-44(54-45)27-26-43-47(48)36-19-9-12-22-41(36)53-43/h3-29H,1-2H3. The van der Waals surface area contributed by atoms with Crippen molar-refractivity contribution in [3.05, 3.63) is 175 Å². The van der Waals surface area contributed by atoms with E-state index in [-0.39, 0.29) is 5.41 Å². The minimum atomic E-state index is -0.175. The summed E-state index contributed by atoms with van der Waals surface area (Å²) in [7, 11) is 0. The van der Waals surface area contributed by atoms with E-state index in [0.717, 1.165) is 94.0 Å². The Kier molecular flexibility index (Phi) is 6.09. The zero-order chi connectivity index (χ0) is 36.4. The van der Waals surface area contributed by atoms with Crippen LogP contribution in [-0.2, 0) is 5.41 Å². The summed E-state index contributed by atoms with van der Waals surface area (Å²) in [5.41, 5.74) is 15.3. The zero-order valence-corrected chi connectivity index (χ0v) is 30.3. The third-order valence-electron chi connectivity index (χ3n) is 11.9. The van der Waals surface area contributed by atoms with Gasteiger partial charge in [-0.3, -0.25) is 0 Å². The van der Waals surface area contributed by atoms with Crippen molar-refractivity contribution in [1.29, 1.82) is 0 Å². The molecule has 0 bridgehead atoms. The van der Waals surface area contributed by atoms with Crippen LogP contribution in [0.15, 0.2) is 177 Å². The molecule has 1 aliphatic rings. The number of fused-ring (bicyclic) bond motifs is 14. The van der Waals surface area contributed by atoms with Gasteiger partial charge in [0, 0.05) is 44.3 Å². The molecule has 0 spiro atoms. The third-order valence-corrected chi connectivity index (χ3v) is 11.9. The van der Waals surface area contributed by atoms with E-state index in [4.69, 9.17) is 13.3 Å². The van der Waals surface area contributed by atoms with Gasteiger partial charge < -0.3 is 18.2 Å². The van der Waals surface area contributed by atoms with E-state index in [1.54, 1.807) is 0 Å². The molecule has 260 valence electrons. The molecule has 4 nitrogen and oxygen atoms in total. The van der Waals surface area contributed by atoms with Gasteiger partial charge in [-0.05, 0) is 70.3 Å². The molecule has 0 radical (unpaired) electrons. The molecule has 0 unspecified atom stereocenters. The average molecular weight is 708 g/mol. The van der Waals surface area contributed by atoms with E-state index >= 15 is 0 Å². The van der Waals surface area contributed by atoms with Gasteiger partial charge in [-0.15, -0.1) is 0 Å². The second-order valence-corrected chi connectivity index (χ2v) is 15.2. The van der Waals surface area contributed by atoms with Gasteiger partial charge in [-0.1, -0.05) is 129 Å². The Bertz CT molecular complexity index is 3360. The third kappa shape index (κ3) is 4.17. The number of rotatable bonds is 4. The highest BCUT2D eigenvalue weighted by molar-refractivity contribution is 6.33. The number of hydrogen-bond acceptors (Lipinski definition) is 4. The molecule has 12 rings (SSSR count). The molecule has 8 aromatic carbocycles. The molecule has 55 heavy (non-hydrogen) atoms. The van der Waals surface area contributed by atoms with Crippen molar-refractivity contribution in [3.8, 4) is 22.3 Å². The van der Waals surface area contributed by atoms with Crippen LogP contribution in [-0.4, -0.2) is 0 Å². The maximum atomic E-state index is 6.98. The molecule has 0 aliphatic heterocycles. The van der Waals surface area contributed by atoms with E-state index in [0.29, 0.717) is 0 Å². The molecule has 1 aliphatic carbocycles. The van der Waals surface area contributed by atoms with Gasteiger partial charge in [-0.25, -0.2) is 0 Å². The summed E-state index contributed by atoms with van der Waals surface area (Å²) in [6, 6.07) is 58.0. The molecule has 3 heterocycles. The normalized spacial score (nSPS) is 13.4. The lowest BCUT2D eigenvalue weighted by Crippen LogP contribution is -2.17. The highest BCUT2D eigenvalue weighted by atomic mass is 16.3. The smallest absolute Gasteiger partial charge is 0.149 e. The van der Waals surface area contributed by atoms with E-state index in [2.05, 4.69) is 152 Å². The topological polar surface area (TPSA) is 42.7 Å². The number of hydrogen-bond donors (Lipinski definition) is 0. The SMILES string of the molecule is CC1(C)c2ccccc2-c2ccc(N(c3ccccc3-c3ccccc3)c3cc4oc5ccc6oc7ccccc7c6c5c4c4oc5ccccc5c34)cc21. The van der Waals surface area contributed by atoms with Gasteiger partial charge in [-0.2, -0.15) is 0 Å². The van der Waals surface area contributed by atoms with Crippen molar-refractivity contribution < 1.29 is 13.3 Å². The molecule has 0 fully saturated rings. The molecular formula is C51H33NO3.